The van der Waals surface area contributed by atoms with Crippen LogP contribution in [0.25, 0.3) is 10.9 Å². The Hall–Kier alpha value is -1.57. The van der Waals surface area contributed by atoms with E-state index in [0.29, 0.717) is 6.42 Å². The van der Waals surface area contributed by atoms with Gasteiger partial charge in [-0.2, -0.15) is 0 Å². The van der Waals surface area contributed by atoms with Gasteiger partial charge in [0, 0.05) is 19.2 Å². The molecule has 2 aromatic rings. The van der Waals surface area contributed by atoms with Crippen LogP contribution in [0.2, 0.25) is 0 Å². The third kappa shape index (κ3) is 2.01. The summed E-state index contributed by atoms with van der Waals surface area (Å²) in [6.07, 6.45) is 3.72. The van der Waals surface area contributed by atoms with Crippen molar-refractivity contribution in [3.63, 3.8) is 0 Å². The second kappa shape index (κ2) is 4.52. The predicted molar refractivity (Wildman–Crippen MR) is 66.6 cm³/mol. The van der Waals surface area contributed by atoms with Gasteiger partial charge >= 0.3 is 0 Å². The van der Waals surface area contributed by atoms with Crippen LogP contribution in [0.15, 0.2) is 30.5 Å². The van der Waals surface area contributed by atoms with E-state index in [9.17, 15) is 4.79 Å². The molecule has 2 nitrogen and oxygen atoms in total. The number of fused-ring (bicyclic) bond motifs is 1. The molecule has 0 unspecified atom stereocenters. The number of Topliss-reactive ketones (excluding diaryl/α,β-unsaturated/α-hetero) is 1. The summed E-state index contributed by atoms with van der Waals surface area (Å²) in [5, 5.41) is 1.27. The summed E-state index contributed by atoms with van der Waals surface area (Å²) >= 11 is 0. The lowest BCUT2D eigenvalue weighted by molar-refractivity contribution is -0.117. The van der Waals surface area contributed by atoms with Gasteiger partial charge in [0.1, 0.15) is 5.78 Å². The van der Waals surface area contributed by atoms with E-state index in [2.05, 4.69) is 42.0 Å². The number of carbonyl (C=O) groups excluding carboxylic acids is 1. The number of nitrogens with zero attached hydrogens (tertiary/aromatic N) is 1. The molecule has 0 radical (unpaired) electrons. The molecule has 0 amide bonds. The Balaban J connectivity index is 2.41. The van der Waals surface area contributed by atoms with Gasteiger partial charge in [-0.3, -0.25) is 4.79 Å². The molecule has 16 heavy (non-hydrogen) atoms. The molecule has 1 aromatic heterocycles. The van der Waals surface area contributed by atoms with Crippen LogP contribution < -0.4 is 0 Å². The van der Waals surface area contributed by atoms with Gasteiger partial charge in [-0.15, -0.1) is 0 Å². The number of para-hydroxylation sites is 1. The number of hydrogen-bond donors (Lipinski definition) is 0. The fourth-order valence-electron chi connectivity index (χ4n) is 2.09. The molecule has 0 bridgehead atoms. The lowest BCUT2D eigenvalue weighted by atomic mass is 10.1. The first-order chi connectivity index (χ1) is 7.72. The number of benzene rings is 1. The minimum atomic E-state index is 0.246. The minimum absolute atomic E-state index is 0.246. The molecule has 0 atom stereocenters. The standard InChI is InChI=1S/C14H17NO/c1-3-12-5-4-6-13-8-10-15(14(12)13)9-7-11(2)16/h4-6,8,10H,3,7,9H2,1-2H3. The molecule has 0 fully saturated rings. The van der Waals surface area contributed by atoms with Crippen molar-refractivity contribution in [2.24, 2.45) is 0 Å². The molecule has 0 aliphatic heterocycles. The number of ketones is 1. The van der Waals surface area contributed by atoms with E-state index in [1.165, 1.54) is 16.5 Å². The van der Waals surface area contributed by atoms with Crippen molar-refractivity contribution < 1.29 is 4.79 Å². The number of rotatable bonds is 4. The Morgan fingerprint density at radius 1 is 1.31 bits per heavy atom. The summed E-state index contributed by atoms with van der Waals surface area (Å²) in [4.78, 5) is 11.0. The first-order valence-electron chi connectivity index (χ1n) is 5.78. The van der Waals surface area contributed by atoms with Crippen molar-refractivity contribution in [1.82, 2.24) is 4.57 Å². The first kappa shape index (κ1) is 10.9. The molecule has 0 saturated carbocycles. The van der Waals surface area contributed by atoms with Gasteiger partial charge in [0.25, 0.3) is 0 Å². The van der Waals surface area contributed by atoms with Crippen LogP contribution in [-0.2, 0) is 17.8 Å². The quantitative estimate of drug-likeness (QED) is 0.767. The van der Waals surface area contributed by atoms with Crippen LogP contribution in [0.4, 0.5) is 0 Å². The van der Waals surface area contributed by atoms with Gasteiger partial charge < -0.3 is 4.57 Å². The van der Waals surface area contributed by atoms with Gasteiger partial charge in [-0.05, 0) is 30.4 Å². The van der Waals surface area contributed by atoms with Crippen LogP contribution in [0.1, 0.15) is 25.8 Å². The van der Waals surface area contributed by atoms with Crippen molar-refractivity contribution in [2.45, 2.75) is 33.2 Å². The Kier molecular flexibility index (Phi) is 3.09. The zero-order valence-corrected chi connectivity index (χ0v) is 9.86. The van der Waals surface area contributed by atoms with Crippen LogP contribution in [0.5, 0.6) is 0 Å². The van der Waals surface area contributed by atoms with Crippen molar-refractivity contribution >= 4 is 16.7 Å². The predicted octanol–water partition coefficient (Wildman–Crippen LogP) is 3.18. The molecule has 0 aliphatic carbocycles. The molecule has 1 aromatic carbocycles. The SMILES string of the molecule is CCc1cccc2ccn(CCC(C)=O)c12. The van der Waals surface area contributed by atoms with Gasteiger partial charge in [0.15, 0.2) is 0 Å². The van der Waals surface area contributed by atoms with Crippen molar-refractivity contribution in [1.29, 1.82) is 0 Å². The molecule has 0 aliphatic rings. The number of aromatic nitrogens is 1. The van der Waals surface area contributed by atoms with Crippen molar-refractivity contribution in [2.75, 3.05) is 0 Å². The van der Waals surface area contributed by atoms with Crippen LogP contribution in [0, 0.1) is 0 Å². The largest absolute Gasteiger partial charge is 0.347 e. The highest BCUT2D eigenvalue weighted by molar-refractivity contribution is 5.83. The monoisotopic (exact) mass is 215 g/mol. The van der Waals surface area contributed by atoms with Crippen molar-refractivity contribution in [3.8, 4) is 0 Å². The normalized spacial score (nSPS) is 10.9. The zero-order valence-electron chi connectivity index (χ0n) is 9.86. The smallest absolute Gasteiger partial charge is 0.131 e. The lowest BCUT2D eigenvalue weighted by Crippen LogP contribution is -2.02. The molecule has 0 spiro atoms. The topological polar surface area (TPSA) is 22.0 Å². The van der Waals surface area contributed by atoms with E-state index in [1.807, 2.05) is 0 Å². The summed E-state index contributed by atoms with van der Waals surface area (Å²) in [7, 11) is 0. The maximum atomic E-state index is 11.0. The second-order valence-electron chi connectivity index (χ2n) is 4.17. The first-order valence-corrected chi connectivity index (χ1v) is 5.78. The van der Waals surface area contributed by atoms with Gasteiger partial charge in [-0.1, -0.05) is 25.1 Å². The maximum absolute atomic E-state index is 11.0. The molecule has 2 heteroatoms. The summed E-state index contributed by atoms with van der Waals surface area (Å²) in [5.41, 5.74) is 2.64. The number of hydrogen-bond acceptors (Lipinski definition) is 1. The number of aryl methyl sites for hydroxylation is 2. The van der Waals surface area contributed by atoms with Gasteiger partial charge in [0.2, 0.25) is 0 Å². The molecule has 84 valence electrons. The van der Waals surface area contributed by atoms with E-state index in [1.54, 1.807) is 6.92 Å². The highest BCUT2D eigenvalue weighted by atomic mass is 16.1. The molecular weight excluding hydrogens is 198 g/mol. The second-order valence-corrected chi connectivity index (χ2v) is 4.17. The van der Waals surface area contributed by atoms with E-state index < -0.39 is 0 Å². The van der Waals surface area contributed by atoms with Gasteiger partial charge in [0.05, 0.1) is 5.52 Å². The Labute approximate surface area is 95.9 Å². The average Bonchev–Trinajstić information content (AvgIpc) is 2.69. The summed E-state index contributed by atoms with van der Waals surface area (Å²) in [6, 6.07) is 8.50. The van der Waals surface area contributed by atoms with Crippen molar-refractivity contribution in [3.05, 3.63) is 36.0 Å². The summed E-state index contributed by atoms with van der Waals surface area (Å²) in [5.74, 6) is 0.246. The van der Waals surface area contributed by atoms with E-state index in [0.717, 1.165) is 13.0 Å². The minimum Gasteiger partial charge on any atom is -0.347 e. The fourth-order valence-corrected chi connectivity index (χ4v) is 2.09. The third-order valence-electron chi connectivity index (χ3n) is 2.96. The Morgan fingerprint density at radius 2 is 2.12 bits per heavy atom. The van der Waals surface area contributed by atoms with Gasteiger partial charge in [-0.25, -0.2) is 0 Å². The third-order valence-corrected chi connectivity index (χ3v) is 2.96. The average molecular weight is 215 g/mol. The Bertz CT molecular complexity index is 510. The molecule has 2 rings (SSSR count). The summed E-state index contributed by atoms with van der Waals surface area (Å²) < 4.78 is 2.19. The fraction of sp³-hybridized carbons (Fsp3) is 0.357. The molecular formula is C14H17NO. The van der Waals surface area contributed by atoms with E-state index in [4.69, 9.17) is 0 Å². The number of carbonyl (C=O) groups is 1. The highest BCUT2D eigenvalue weighted by Crippen LogP contribution is 2.21. The van der Waals surface area contributed by atoms with E-state index >= 15 is 0 Å². The van der Waals surface area contributed by atoms with E-state index in [-0.39, 0.29) is 5.78 Å². The Morgan fingerprint density at radius 3 is 2.81 bits per heavy atom. The maximum Gasteiger partial charge on any atom is 0.131 e. The molecule has 1 heterocycles. The molecule has 0 saturated heterocycles. The van der Waals surface area contributed by atoms with Crippen LogP contribution in [-0.4, -0.2) is 10.4 Å². The van der Waals surface area contributed by atoms with Crippen LogP contribution >= 0.6 is 0 Å². The van der Waals surface area contributed by atoms with Crippen LogP contribution in [0.3, 0.4) is 0 Å². The highest BCUT2D eigenvalue weighted by Gasteiger charge is 2.05. The summed E-state index contributed by atoms with van der Waals surface area (Å²) in [6.45, 7) is 4.60. The molecule has 0 N–H and O–H groups in total. The zero-order chi connectivity index (χ0) is 11.5. The lowest BCUT2D eigenvalue weighted by Gasteiger charge is -2.07.